The number of aryl methyl sites for hydroxylation is 1. The largest absolute Gasteiger partial charge is 0.281 e. The zero-order valence-electron chi connectivity index (χ0n) is 11.3. The fourth-order valence-electron chi connectivity index (χ4n) is 2.58. The zero-order valence-corrected chi connectivity index (χ0v) is 12.9. The van der Waals surface area contributed by atoms with Gasteiger partial charge in [0.05, 0.1) is 5.88 Å². The van der Waals surface area contributed by atoms with Crippen molar-refractivity contribution in [3.05, 3.63) is 11.3 Å². The highest BCUT2D eigenvalue weighted by molar-refractivity contribution is 7.89. The van der Waals surface area contributed by atoms with Gasteiger partial charge in [-0.3, -0.25) is 5.10 Å². The molecule has 0 amide bonds. The fourth-order valence-corrected chi connectivity index (χ4v) is 4.68. The van der Waals surface area contributed by atoms with Gasteiger partial charge in [-0.2, -0.15) is 9.40 Å². The Labute approximate surface area is 119 Å². The first-order chi connectivity index (χ1) is 9.00. The summed E-state index contributed by atoms with van der Waals surface area (Å²) in [6, 6.07) is 0. The Morgan fingerprint density at radius 1 is 1.53 bits per heavy atom. The number of halogens is 1. The van der Waals surface area contributed by atoms with Crippen molar-refractivity contribution in [2.24, 2.45) is 5.92 Å². The first-order valence-electron chi connectivity index (χ1n) is 6.60. The summed E-state index contributed by atoms with van der Waals surface area (Å²) in [5, 5.41) is 6.74. The molecule has 1 atom stereocenters. The lowest BCUT2D eigenvalue weighted by Crippen LogP contribution is -2.29. The first-order valence-corrected chi connectivity index (χ1v) is 8.58. The smallest absolute Gasteiger partial charge is 0.262 e. The van der Waals surface area contributed by atoms with Gasteiger partial charge >= 0.3 is 0 Å². The number of aromatic amines is 1. The van der Waals surface area contributed by atoms with Crippen LogP contribution >= 0.6 is 11.6 Å². The Bertz CT molecular complexity index is 541. The highest BCUT2D eigenvalue weighted by Crippen LogP contribution is 2.28. The molecule has 1 N–H and O–H groups in total. The van der Waals surface area contributed by atoms with Gasteiger partial charge in [0.15, 0.2) is 5.03 Å². The summed E-state index contributed by atoms with van der Waals surface area (Å²) < 4.78 is 26.7. The van der Waals surface area contributed by atoms with E-state index in [1.807, 2.05) is 0 Å². The van der Waals surface area contributed by atoms with Crippen LogP contribution in [0.2, 0.25) is 0 Å². The van der Waals surface area contributed by atoms with Crippen molar-refractivity contribution in [3.63, 3.8) is 0 Å². The molecular formula is C12H20ClN3O2S. The minimum Gasteiger partial charge on any atom is -0.281 e. The van der Waals surface area contributed by atoms with E-state index in [9.17, 15) is 8.42 Å². The average Bonchev–Trinajstić information content (AvgIpc) is 2.96. The van der Waals surface area contributed by atoms with Crippen LogP contribution in [0.3, 0.4) is 0 Å². The van der Waals surface area contributed by atoms with Gasteiger partial charge in [0, 0.05) is 24.3 Å². The monoisotopic (exact) mass is 305 g/mol. The first kappa shape index (κ1) is 14.8. The lowest BCUT2D eigenvalue weighted by atomic mass is 10.0. The molecule has 0 bridgehead atoms. The molecule has 1 aromatic rings. The van der Waals surface area contributed by atoms with Crippen molar-refractivity contribution in [1.29, 1.82) is 0 Å². The van der Waals surface area contributed by atoms with Crippen molar-refractivity contribution in [1.82, 2.24) is 14.5 Å². The SMILES string of the molecule is CCCC1CCN(S(=O)(=O)c2n[nH]c(C)c2CCl)C1. The number of hydrogen-bond donors (Lipinski definition) is 1. The van der Waals surface area contributed by atoms with E-state index < -0.39 is 10.0 Å². The minimum atomic E-state index is -3.51. The van der Waals surface area contributed by atoms with Crippen LogP contribution in [0.5, 0.6) is 0 Å². The van der Waals surface area contributed by atoms with Crippen LogP contribution in [0.4, 0.5) is 0 Å². The number of hydrogen-bond acceptors (Lipinski definition) is 3. The lowest BCUT2D eigenvalue weighted by molar-refractivity contribution is 0.442. The maximum atomic E-state index is 12.6. The van der Waals surface area contributed by atoms with E-state index in [0.717, 1.165) is 25.0 Å². The third-order valence-electron chi connectivity index (χ3n) is 3.70. The molecule has 0 spiro atoms. The molecule has 0 aromatic carbocycles. The van der Waals surface area contributed by atoms with E-state index in [1.54, 1.807) is 11.2 Å². The van der Waals surface area contributed by atoms with E-state index in [2.05, 4.69) is 17.1 Å². The van der Waals surface area contributed by atoms with Crippen LogP contribution in [0, 0.1) is 12.8 Å². The number of aromatic nitrogens is 2. The Balaban J connectivity index is 2.23. The zero-order chi connectivity index (χ0) is 14.0. The van der Waals surface area contributed by atoms with Crippen LogP contribution in [0.15, 0.2) is 5.03 Å². The number of nitrogens with zero attached hydrogens (tertiary/aromatic N) is 2. The molecule has 1 aliphatic rings. The molecular weight excluding hydrogens is 286 g/mol. The minimum absolute atomic E-state index is 0.0946. The van der Waals surface area contributed by atoms with Crippen molar-refractivity contribution in [2.45, 2.75) is 44.0 Å². The Morgan fingerprint density at radius 3 is 2.89 bits per heavy atom. The van der Waals surface area contributed by atoms with E-state index in [-0.39, 0.29) is 10.9 Å². The number of rotatable bonds is 5. The third kappa shape index (κ3) is 2.80. The highest BCUT2D eigenvalue weighted by Gasteiger charge is 2.35. The lowest BCUT2D eigenvalue weighted by Gasteiger charge is -2.15. The molecule has 19 heavy (non-hydrogen) atoms. The Morgan fingerprint density at radius 2 is 2.26 bits per heavy atom. The van der Waals surface area contributed by atoms with Gasteiger partial charge in [0.25, 0.3) is 10.0 Å². The molecule has 2 heterocycles. The summed E-state index contributed by atoms with van der Waals surface area (Å²) in [5.74, 6) is 0.627. The maximum Gasteiger partial charge on any atom is 0.262 e. The molecule has 0 aliphatic carbocycles. The topological polar surface area (TPSA) is 66.1 Å². The molecule has 1 fully saturated rings. The number of nitrogens with one attached hydrogen (secondary N) is 1. The number of alkyl halides is 1. The van der Waals surface area contributed by atoms with Crippen molar-refractivity contribution in [2.75, 3.05) is 13.1 Å². The van der Waals surface area contributed by atoms with Crippen LogP contribution in [-0.4, -0.2) is 36.0 Å². The summed E-state index contributed by atoms with van der Waals surface area (Å²) in [5.41, 5.74) is 1.30. The Kier molecular flexibility index (Phi) is 4.53. The van der Waals surface area contributed by atoms with Crippen LogP contribution in [0.1, 0.15) is 37.4 Å². The molecule has 108 valence electrons. The van der Waals surface area contributed by atoms with Gasteiger partial charge in [-0.25, -0.2) is 8.42 Å². The second-order valence-electron chi connectivity index (χ2n) is 5.07. The van der Waals surface area contributed by atoms with Crippen molar-refractivity contribution in [3.8, 4) is 0 Å². The molecule has 5 nitrogen and oxygen atoms in total. The van der Waals surface area contributed by atoms with Gasteiger partial charge in [-0.05, 0) is 25.7 Å². The second-order valence-corrected chi connectivity index (χ2v) is 7.19. The van der Waals surface area contributed by atoms with Crippen molar-refractivity contribution >= 4 is 21.6 Å². The quantitative estimate of drug-likeness (QED) is 0.849. The number of sulfonamides is 1. The van der Waals surface area contributed by atoms with Gasteiger partial charge in [-0.15, -0.1) is 11.6 Å². The number of H-pyrrole nitrogens is 1. The van der Waals surface area contributed by atoms with Crippen LogP contribution in [0.25, 0.3) is 0 Å². The summed E-state index contributed by atoms with van der Waals surface area (Å²) in [7, 11) is -3.51. The standard InChI is InChI=1S/C12H20ClN3O2S/c1-3-4-10-5-6-16(8-10)19(17,18)12-11(7-13)9(2)14-15-12/h10H,3-8H2,1-2H3,(H,14,15). The Hall–Kier alpha value is -0.590. The average molecular weight is 306 g/mol. The summed E-state index contributed by atoms with van der Waals surface area (Å²) in [6.45, 7) is 5.10. The van der Waals surface area contributed by atoms with Gasteiger partial charge in [0.2, 0.25) is 0 Å². The van der Waals surface area contributed by atoms with Crippen LogP contribution in [-0.2, 0) is 15.9 Å². The summed E-state index contributed by atoms with van der Waals surface area (Å²) in [4.78, 5) is 0. The highest BCUT2D eigenvalue weighted by atomic mass is 35.5. The van der Waals surface area contributed by atoms with Gasteiger partial charge in [0.1, 0.15) is 0 Å². The molecule has 1 unspecified atom stereocenters. The van der Waals surface area contributed by atoms with Crippen molar-refractivity contribution < 1.29 is 8.42 Å². The molecule has 1 saturated heterocycles. The predicted octanol–water partition coefficient (Wildman–Crippen LogP) is 2.27. The van der Waals surface area contributed by atoms with Gasteiger partial charge in [-0.1, -0.05) is 13.3 Å². The van der Waals surface area contributed by atoms with Gasteiger partial charge < -0.3 is 0 Å². The maximum absolute atomic E-state index is 12.6. The molecule has 0 saturated carbocycles. The summed E-state index contributed by atoms with van der Waals surface area (Å²) >= 11 is 5.83. The second kappa shape index (κ2) is 5.81. The third-order valence-corrected chi connectivity index (χ3v) is 5.80. The van der Waals surface area contributed by atoms with E-state index >= 15 is 0 Å². The van der Waals surface area contributed by atoms with E-state index in [4.69, 9.17) is 11.6 Å². The summed E-state index contributed by atoms with van der Waals surface area (Å²) in [6.07, 6.45) is 3.10. The molecule has 2 rings (SSSR count). The molecule has 1 aliphatic heterocycles. The van der Waals surface area contributed by atoms with E-state index in [1.165, 1.54) is 0 Å². The molecule has 0 radical (unpaired) electrons. The van der Waals surface area contributed by atoms with Crippen LogP contribution < -0.4 is 0 Å². The molecule has 7 heteroatoms. The fraction of sp³-hybridized carbons (Fsp3) is 0.750. The molecule has 1 aromatic heterocycles. The van der Waals surface area contributed by atoms with E-state index in [0.29, 0.717) is 24.6 Å². The predicted molar refractivity (Wildman–Crippen MR) is 74.7 cm³/mol. The normalized spacial score (nSPS) is 21.1.